The highest BCUT2D eigenvalue weighted by molar-refractivity contribution is 7.09. The first-order valence-corrected chi connectivity index (χ1v) is 8.25. The van der Waals surface area contributed by atoms with Crippen LogP contribution in [0.2, 0.25) is 0 Å². The van der Waals surface area contributed by atoms with Gasteiger partial charge in [0.2, 0.25) is 5.91 Å². The summed E-state index contributed by atoms with van der Waals surface area (Å²) >= 11 is 1.60. The van der Waals surface area contributed by atoms with E-state index in [-0.39, 0.29) is 5.91 Å². The monoisotopic (exact) mass is 304 g/mol. The van der Waals surface area contributed by atoms with Gasteiger partial charge in [-0.15, -0.1) is 11.3 Å². The SMILES string of the molecule is Cc1nc(CC(=O)N2CCC[C@@H](Cc3ccn[nH]3)C2)cs1. The number of carbonyl (C=O) groups excluding carboxylic acids is 1. The van der Waals surface area contributed by atoms with E-state index in [1.807, 2.05) is 23.3 Å². The van der Waals surface area contributed by atoms with Gasteiger partial charge in [0.15, 0.2) is 0 Å². The fourth-order valence-corrected chi connectivity index (χ4v) is 3.54. The smallest absolute Gasteiger partial charge is 0.228 e. The molecule has 3 rings (SSSR count). The molecule has 1 amide bonds. The zero-order valence-corrected chi connectivity index (χ0v) is 13.0. The number of aromatic amines is 1. The van der Waals surface area contributed by atoms with E-state index in [0.29, 0.717) is 12.3 Å². The average Bonchev–Trinajstić information content (AvgIpc) is 3.11. The molecule has 0 unspecified atom stereocenters. The van der Waals surface area contributed by atoms with Crippen LogP contribution in [0.1, 0.15) is 29.2 Å². The number of aryl methyl sites for hydroxylation is 1. The van der Waals surface area contributed by atoms with Gasteiger partial charge >= 0.3 is 0 Å². The number of thiazole rings is 1. The molecule has 0 saturated carbocycles. The summed E-state index contributed by atoms with van der Waals surface area (Å²) in [7, 11) is 0. The summed E-state index contributed by atoms with van der Waals surface area (Å²) in [5.41, 5.74) is 2.06. The average molecular weight is 304 g/mol. The van der Waals surface area contributed by atoms with E-state index in [1.54, 1.807) is 17.5 Å². The van der Waals surface area contributed by atoms with Crippen molar-refractivity contribution < 1.29 is 4.79 Å². The Labute approximate surface area is 128 Å². The zero-order chi connectivity index (χ0) is 14.7. The summed E-state index contributed by atoms with van der Waals surface area (Å²) in [6.45, 7) is 3.70. The fraction of sp³-hybridized carbons (Fsp3) is 0.533. The molecule has 0 aliphatic carbocycles. The molecule has 3 heterocycles. The van der Waals surface area contributed by atoms with Crippen molar-refractivity contribution in [1.29, 1.82) is 0 Å². The molecule has 1 N–H and O–H groups in total. The minimum Gasteiger partial charge on any atom is -0.342 e. The molecule has 2 aromatic rings. The molecule has 6 heteroatoms. The van der Waals surface area contributed by atoms with Crippen LogP contribution in [0.25, 0.3) is 0 Å². The second kappa shape index (κ2) is 6.39. The lowest BCUT2D eigenvalue weighted by Crippen LogP contribution is -2.41. The molecular weight excluding hydrogens is 284 g/mol. The molecule has 21 heavy (non-hydrogen) atoms. The van der Waals surface area contributed by atoms with E-state index in [0.717, 1.165) is 42.3 Å². The van der Waals surface area contributed by atoms with Crippen molar-refractivity contribution in [3.63, 3.8) is 0 Å². The molecule has 0 radical (unpaired) electrons. The zero-order valence-electron chi connectivity index (χ0n) is 12.2. The van der Waals surface area contributed by atoms with Crippen LogP contribution in [0, 0.1) is 12.8 Å². The number of nitrogens with one attached hydrogen (secondary N) is 1. The van der Waals surface area contributed by atoms with Gasteiger partial charge in [-0.1, -0.05) is 0 Å². The lowest BCUT2D eigenvalue weighted by atomic mass is 9.93. The molecule has 1 saturated heterocycles. The summed E-state index contributed by atoms with van der Waals surface area (Å²) in [6.07, 6.45) is 5.45. The van der Waals surface area contributed by atoms with Crippen LogP contribution < -0.4 is 0 Å². The number of amides is 1. The predicted molar refractivity (Wildman–Crippen MR) is 82.2 cm³/mol. The highest BCUT2D eigenvalue weighted by atomic mass is 32.1. The van der Waals surface area contributed by atoms with Crippen LogP contribution in [0.4, 0.5) is 0 Å². The van der Waals surface area contributed by atoms with E-state index < -0.39 is 0 Å². The van der Waals surface area contributed by atoms with E-state index in [9.17, 15) is 4.79 Å². The summed E-state index contributed by atoms with van der Waals surface area (Å²) in [5.74, 6) is 0.731. The Hall–Kier alpha value is -1.69. The van der Waals surface area contributed by atoms with Gasteiger partial charge in [-0.05, 0) is 38.2 Å². The molecule has 112 valence electrons. The normalized spacial score (nSPS) is 18.9. The Bertz CT molecular complexity index is 593. The van der Waals surface area contributed by atoms with Crippen molar-refractivity contribution in [3.8, 4) is 0 Å². The molecule has 1 fully saturated rings. The fourth-order valence-electron chi connectivity index (χ4n) is 2.92. The molecule has 1 aliphatic heterocycles. The Morgan fingerprint density at radius 1 is 1.57 bits per heavy atom. The summed E-state index contributed by atoms with van der Waals surface area (Å²) < 4.78 is 0. The topological polar surface area (TPSA) is 61.9 Å². The Kier molecular flexibility index (Phi) is 4.34. The van der Waals surface area contributed by atoms with Gasteiger partial charge in [0.25, 0.3) is 0 Å². The molecular formula is C15H20N4OS. The number of carbonyl (C=O) groups is 1. The lowest BCUT2D eigenvalue weighted by Gasteiger charge is -2.32. The number of rotatable bonds is 4. The second-order valence-electron chi connectivity index (χ2n) is 5.67. The maximum Gasteiger partial charge on any atom is 0.228 e. The number of hydrogen-bond acceptors (Lipinski definition) is 4. The van der Waals surface area contributed by atoms with Gasteiger partial charge < -0.3 is 4.90 Å². The molecule has 0 spiro atoms. The molecule has 0 bridgehead atoms. The highest BCUT2D eigenvalue weighted by Crippen LogP contribution is 2.21. The Morgan fingerprint density at radius 2 is 2.48 bits per heavy atom. The molecule has 5 nitrogen and oxygen atoms in total. The van der Waals surface area contributed by atoms with E-state index in [4.69, 9.17) is 0 Å². The molecule has 0 aromatic carbocycles. The van der Waals surface area contributed by atoms with Crippen molar-refractivity contribution in [2.24, 2.45) is 5.92 Å². The lowest BCUT2D eigenvalue weighted by molar-refractivity contribution is -0.132. The third kappa shape index (κ3) is 3.69. The third-order valence-electron chi connectivity index (χ3n) is 3.94. The minimum atomic E-state index is 0.203. The number of piperidine rings is 1. The van der Waals surface area contributed by atoms with Crippen LogP contribution in [0.3, 0.4) is 0 Å². The first kappa shape index (κ1) is 14.3. The third-order valence-corrected chi connectivity index (χ3v) is 4.76. The Balaban J connectivity index is 1.56. The van der Waals surface area contributed by atoms with E-state index >= 15 is 0 Å². The minimum absolute atomic E-state index is 0.203. The largest absolute Gasteiger partial charge is 0.342 e. The van der Waals surface area contributed by atoms with Crippen LogP contribution >= 0.6 is 11.3 Å². The van der Waals surface area contributed by atoms with Crippen molar-refractivity contribution >= 4 is 17.2 Å². The van der Waals surface area contributed by atoms with Gasteiger partial charge in [0, 0.05) is 30.4 Å². The van der Waals surface area contributed by atoms with Crippen molar-refractivity contribution in [3.05, 3.63) is 34.0 Å². The first-order valence-electron chi connectivity index (χ1n) is 7.38. The summed E-state index contributed by atoms with van der Waals surface area (Å²) in [5, 5.41) is 10.0. The number of hydrogen-bond donors (Lipinski definition) is 1. The van der Waals surface area contributed by atoms with Crippen molar-refractivity contribution in [1.82, 2.24) is 20.1 Å². The molecule has 1 aliphatic rings. The summed E-state index contributed by atoms with van der Waals surface area (Å²) in [4.78, 5) is 18.8. The van der Waals surface area contributed by atoms with Crippen molar-refractivity contribution in [2.75, 3.05) is 13.1 Å². The molecule has 1 atom stereocenters. The number of aromatic nitrogens is 3. The van der Waals surface area contributed by atoms with Gasteiger partial charge in [0.05, 0.1) is 17.1 Å². The van der Waals surface area contributed by atoms with Gasteiger partial charge in [-0.2, -0.15) is 5.10 Å². The van der Waals surface area contributed by atoms with Crippen LogP contribution in [0.5, 0.6) is 0 Å². The number of H-pyrrole nitrogens is 1. The standard InChI is InChI=1S/C15H20N4OS/c1-11-17-14(10-21-11)8-15(20)19-6-2-3-12(9-19)7-13-4-5-16-18-13/h4-5,10,12H,2-3,6-9H2,1H3,(H,16,18)/t12-/m0/s1. The number of nitrogens with zero attached hydrogens (tertiary/aromatic N) is 3. The maximum absolute atomic E-state index is 12.4. The van der Waals surface area contributed by atoms with Crippen LogP contribution in [-0.2, 0) is 17.6 Å². The number of likely N-dealkylation sites (tertiary alicyclic amines) is 1. The van der Waals surface area contributed by atoms with Crippen LogP contribution in [-0.4, -0.2) is 39.1 Å². The van der Waals surface area contributed by atoms with Gasteiger partial charge in [0.1, 0.15) is 0 Å². The quantitative estimate of drug-likeness (QED) is 0.942. The first-order chi connectivity index (χ1) is 10.2. The van der Waals surface area contributed by atoms with Crippen LogP contribution in [0.15, 0.2) is 17.6 Å². The highest BCUT2D eigenvalue weighted by Gasteiger charge is 2.24. The predicted octanol–water partition coefficient (Wildman–Crippen LogP) is 2.20. The van der Waals surface area contributed by atoms with Gasteiger partial charge in [-0.25, -0.2) is 4.98 Å². The van der Waals surface area contributed by atoms with E-state index in [1.165, 1.54) is 6.42 Å². The maximum atomic E-state index is 12.4. The Morgan fingerprint density at radius 3 is 3.19 bits per heavy atom. The second-order valence-corrected chi connectivity index (χ2v) is 6.73. The van der Waals surface area contributed by atoms with Gasteiger partial charge in [-0.3, -0.25) is 9.89 Å². The van der Waals surface area contributed by atoms with E-state index in [2.05, 4.69) is 15.2 Å². The summed E-state index contributed by atoms with van der Waals surface area (Å²) in [6, 6.07) is 2.01. The van der Waals surface area contributed by atoms with Crippen molar-refractivity contribution in [2.45, 2.75) is 32.6 Å². The molecule has 2 aromatic heterocycles.